The molecule has 33 heavy (non-hydrogen) atoms. The molecule has 0 spiro atoms. The minimum Gasteiger partial charge on any atom is -0.491 e. The van der Waals surface area contributed by atoms with Gasteiger partial charge in [0.25, 0.3) is 0 Å². The van der Waals surface area contributed by atoms with Gasteiger partial charge < -0.3 is 24.4 Å². The normalized spacial score (nSPS) is 19.6. The Bertz CT molecular complexity index is 1260. The summed E-state index contributed by atoms with van der Waals surface area (Å²) in [6.45, 7) is 5.88. The second-order valence-electron chi connectivity index (χ2n) is 9.05. The molecule has 1 N–H and O–H groups in total. The Labute approximate surface area is 193 Å². The van der Waals surface area contributed by atoms with Gasteiger partial charge in [0.1, 0.15) is 24.2 Å². The van der Waals surface area contributed by atoms with E-state index < -0.39 is 0 Å². The van der Waals surface area contributed by atoms with Crippen LogP contribution in [-0.2, 0) is 0 Å². The van der Waals surface area contributed by atoms with Gasteiger partial charge in [0, 0.05) is 43.8 Å². The number of piperazine rings is 1. The van der Waals surface area contributed by atoms with Gasteiger partial charge in [0.05, 0.1) is 12.4 Å². The third-order valence-electron chi connectivity index (χ3n) is 6.97. The fourth-order valence-electron chi connectivity index (χ4n) is 5.06. The number of rotatable bonds is 5. The van der Waals surface area contributed by atoms with Gasteiger partial charge in [-0.1, -0.05) is 18.2 Å². The second-order valence-corrected chi connectivity index (χ2v) is 9.05. The molecule has 0 aliphatic carbocycles. The maximum atomic E-state index is 6.47. The lowest BCUT2D eigenvalue weighted by atomic mass is 10.1. The third-order valence-corrected chi connectivity index (χ3v) is 6.97. The van der Waals surface area contributed by atoms with E-state index in [1.54, 1.807) is 12.7 Å². The zero-order valence-electron chi connectivity index (χ0n) is 18.9. The fraction of sp³-hybridized carbons (Fsp3) is 0.400. The summed E-state index contributed by atoms with van der Waals surface area (Å²) >= 11 is 0. The Morgan fingerprint density at radius 3 is 2.85 bits per heavy atom. The van der Waals surface area contributed by atoms with Crippen LogP contribution in [0.1, 0.15) is 12.8 Å². The van der Waals surface area contributed by atoms with Crippen molar-refractivity contribution in [3.05, 3.63) is 49.1 Å². The predicted octanol–water partition coefficient (Wildman–Crippen LogP) is 3.31. The Hall–Kier alpha value is -3.39. The van der Waals surface area contributed by atoms with E-state index in [9.17, 15) is 0 Å². The first kappa shape index (κ1) is 20.2. The molecule has 2 aliphatic rings. The third kappa shape index (κ3) is 3.84. The predicted molar refractivity (Wildman–Crippen MR) is 131 cm³/mol. The van der Waals surface area contributed by atoms with E-state index in [1.807, 2.05) is 0 Å². The standard InChI is InChI=1S/C25H29N7O/c1-30-10-12-31(13-11-30)19-8-7-18-4-2-6-22(21(18)14-19)33-15-20-5-3-9-32(20)25-23-24(27-16-26-23)28-17-29-25/h2,4,6-8,14,16-17,20H,3,5,9-13,15H2,1H3,(H,26,27,28,29). The van der Waals surface area contributed by atoms with E-state index in [1.165, 1.54) is 16.5 Å². The highest BCUT2D eigenvalue weighted by Crippen LogP contribution is 2.32. The molecule has 4 aromatic rings. The van der Waals surface area contributed by atoms with Crippen molar-refractivity contribution in [1.29, 1.82) is 0 Å². The van der Waals surface area contributed by atoms with E-state index in [0.29, 0.717) is 6.61 Å². The van der Waals surface area contributed by atoms with Crippen LogP contribution in [0.2, 0.25) is 0 Å². The smallest absolute Gasteiger partial charge is 0.162 e. The van der Waals surface area contributed by atoms with Crippen LogP contribution in [-0.4, -0.2) is 77.3 Å². The maximum absolute atomic E-state index is 6.47. The number of nitrogens with one attached hydrogen (secondary N) is 1. The Morgan fingerprint density at radius 2 is 1.94 bits per heavy atom. The topological polar surface area (TPSA) is 73.4 Å². The monoisotopic (exact) mass is 443 g/mol. The highest BCUT2D eigenvalue weighted by atomic mass is 16.5. The summed E-state index contributed by atoms with van der Waals surface area (Å²) in [5, 5.41) is 2.39. The van der Waals surface area contributed by atoms with Crippen molar-refractivity contribution in [1.82, 2.24) is 24.8 Å². The summed E-state index contributed by atoms with van der Waals surface area (Å²) in [6, 6.07) is 13.3. The van der Waals surface area contributed by atoms with Gasteiger partial charge in [0.2, 0.25) is 0 Å². The van der Waals surface area contributed by atoms with Crippen molar-refractivity contribution >= 4 is 33.4 Å². The maximum Gasteiger partial charge on any atom is 0.162 e. The first-order valence-corrected chi connectivity index (χ1v) is 11.8. The average Bonchev–Trinajstić information content (AvgIpc) is 3.52. The summed E-state index contributed by atoms with van der Waals surface area (Å²) in [4.78, 5) is 23.5. The molecule has 1 unspecified atom stereocenters. The van der Waals surface area contributed by atoms with Crippen LogP contribution in [0.25, 0.3) is 21.9 Å². The molecule has 8 nitrogen and oxygen atoms in total. The average molecular weight is 444 g/mol. The van der Waals surface area contributed by atoms with Crippen LogP contribution in [0, 0.1) is 0 Å². The number of benzene rings is 2. The van der Waals surface area contributed by atoms with Crippen LogP contribution >= 0.6 is 0 Å². The van der Waals surface area contributed by atoms with Crippen molar-refractivity contribution in [2.24, 2.45) is 0 Å². The summed E-state index contributed by atoms with van der Waals surface area (Å²) < 4.78 is 6.47. The van der Waals surface area contributed by atoms with E-state index in [-0.39, 0.29) is 6.04 Å². The molecule has 2 saturated heterocycles. The zero-order chi connectivity index (χ0) is 22.2. The first-order valence-electron chi connectivity index (χ1n) is 11.8. The number of ether oxygens (including phenoxy) is 1. The molecule has 0 amide bonds. The summed E-state index contributed by atoms with van der Waals surface area (Å²) in [7, 11) is 2.19. The Morgan fingerprint density at radius 1 is 1.03 bits per heavy atom. The summed E-state index contributed by atoms with van der Waals surface area (Å²) in [5.41, 5.74) is 2.87. The molecule has 0 saturated carbocycles. The molecule has 2 fully saturated rings. The van der Waals surface area contributed by atoms with Gasteiger partial charge in [-0.3, -0.25) is 0 Å². The molecule has 170 valence electrons. The van der Waals surface area contributed by atoms with Crippen molar-refractivity contribution < 1.29 is 4.74 Å². The lowest BCUT2D eigenvalue weighted by Crippen LogP contribution is -2.44. The Kier molecular flexibility index (Phi) is 5.22. The van der Waals surface area contributed by atoms with E-state index in [4.69, 9.17) is 4.74 Å². The van der Waals surface area contributed by atoms with Crippen molar-refractivity contribution in [3.63, 3.8) is 0 Å². The highest BCUT2D eigenvalue weighted by molar-refractivity contribution is 5.91. The van der Waals surface area contributed by atoms with E-state index >= 15 is 0 Å². The minimum atomic E-state index is 0.260. The number of likely N-dealkylation sites (N-methyl/N-ethyl adjacent to an activating group) is 1. The molecule has 4 heterocycles. The number of hydrogen-bond acceptors (Lipinski definition) is 7. The number of H-pyrrole nitrogens is 1. The van der Waals surface area contributed by atoms with Gasteiger partial charge in [0.15, 0.2) is 11.5 Å². The molecule has 0 bridgehead atoms. The molecule has 2 aromatic carbocycles. The number of fused-ring (bicyclic) bond motifs is 2. The number of anilines is 2. The SMILES string of the molecule is CN1CCN(c2ccc3cccc(OCC4CCCN4c4ncnc5[nH]cnc45)c3c2)CC1. The number of imidazole rings is 1. The van der Waals surface area contributed by atoms with Crippen LogP contribution < -0.4 is 14.5 Å². The molecular formula is C25H29N7O. The first-order chi connectivity index (χ1) is 16.3. The Balaban J connectivity index is 1.23. The van der Waals surface area contributed by atoms with E-state index in [0.717, 1.165) is 68.3 Å². The molecule has 0 radical (unpaired) electrons. The number of aromatic nitrogens is 4. The van der Waals surface area contributed by atoms with Gasteiger partial charge >= 0.3 is 0 Å². The van der Waals surface area contributed by atoms with Crippen molar-refractivity contribution in [2.75, 3.05) is 56.2 Å². The second kappa shape index (κ2) is 8.51. The van der Waals surface area contributed by atoms with Crippen LogP contribution in [0.5, 0.6) is 5.75 Å². The summed E-state index contributed by atoms with van der Waals surface area (Å²) in [5.74, 6) is 1.84. The van der Waals surface area contributed by atoms with Crippen LogP contribution in [0.3, 0.4) is 0 Å². The summed E-state index contributed by atoms with van der Waals surface area (Å²) in [6.07, 6.45) is 5.48. The largest absolute Gasteiger partial charge is 0.491 e. The molecule has 2 aromatic heterocycles. The quantitative estimate of drug-likeness (QED) is 0.507. The minimum absolute atomic E-state index is 0.260. The molecule has 2 aliphatic heterocycles. The van der Waals surface area contributed by atoms with E-state index in [2.05, 4.69) is 78.1 Å². The van der Waals surface area contributed by atoms with Crippen LogP contribution in [0.15, 0.2) is 49.1 Å². The van der Waals surface area contributed by atoms with Crippen molar-refractivity contribution in [2.45, 2.75) is 18.9 Å². The fourth-order valence-corrected chi connectivity index (χ4v) is 5.06. The lowest BCUT2D eigenvalue weighted by Gasteiger charge is -2.34. The van der Waals surface area contributed by atoms with Gasteiger partial charge in [-0.2, -0.15) is 0 Å². The van der Waals surface area contributed by atoms with Crippen LogP contribution in [0.4, 0.5) is 11.5 Å². The molecule has 1 atom stereocenters. The van der Waals surface area contributed by atoms with Gasteiger partial charge in [-0.25, -0.2) is 15.0 Å². The van der Waals surface area contributed by atoms with Crippen molar-refractivity contribution in [3.8, 4) is 5.75 Å². The van der Waals surface area contributed by atoms with Gasteiger partial charge in [-0.15, -0.1) is 0 Å². The van der Waals surface area contributed by atoms with Gasteiger partial charge in [-0.05, 0) is 43.5 Å². The highest BCUT2D eigenvalue weighted by Gasteiger charge is 2.28. The molecule has 8 heteroatoms. The molecular weight excluding hydrogens is 414 g/mol. The molecule has 6 rings (SSSR count). The zero-order valence-corrected chi connectivity index (χ0v) is 18.9. The lowest BCUT2D eigenvalue weighted by molar-refractivity contribution is 0.291. The number of hydrogen-bond donors (Lipinski definition) is 1. The number of nitrogens with zero attached hydrogens (tertiary/aromatic N) is 6. The number of aromatic amines is 1.